The van der Waals surface area contributed by atoms with E-state index >= 15 is 0 Å². The summed E-state index contributed by atoms with van der Waals surface area (Å²) >= 11 is 7.92. The molecule has 0 aliphatic heterocycles. The largest absolute Gasteiger partial charge is 0.478 e. The zero-order chi connectivity index (χ0) is 20.5. The first-order chi connectivity index (χ1) is 14.0. The standard InChI is InChI=1S/C24H20ClNO2S/c1-15(17-7-4-3-5-8-17)26-16(2)23(21-12-11-19(25)14-22(21)26)29-20-10-6-9-18(13-20)24(27)28/h3-15H,1-2H3,(H,27,28). The van der Waals surface area contributed by atoms with Crippen LogP contribution in [0.15, 0.2) is 82.6 Å². The van der Waals surface area contributed by atoms with E-state index in [1.54, 1.807) is 30.0 Å². The highest BCUT2D eigenvalue weighted by Crippen LogP contribution is 2.41. The lowest BCUT2D eigenvalue weighted by Gasteiger charge is -2.18. The molecule has 0 saturated heterocycles. The summed E-state index contributed by atoms with van der Waals surface area (Å²) in [5.41, 5.74) is 3.71. The smallest absolute Gasteiger partial charge is 0.335 e. The fraction of sp³-hybridized carbons (Fsp3) is 0.125. The number of fused-ring (bicyclic) bond motifs is 1. The van der Waals surface area contributed by atoms with Gasteiger partial charge in [-0.25, -0.2) is 4.79 Å². The minimum absolute atomic E-state index is 0.136. The highest BCUT2D eigenvalue weighted by Gasteiger charge is 2.20. The molecule has 3 aromatic carbocycles. The van der Waals surface area contributed by atoms with E-state index in [1.807, 2.05) is 42.5 Å². The molecule has 1 heterocycles. The maximum absolute atomic E-state index is 11.3. The summed E-state index contributed by atoms with van der Waals surface area (Å²) in [6.45, 7) is 4.29. The minimum Gasteiger partial charge on any atom is -0.478 e. The number of aromatic carboxylic acids is 1. The van der Waals surface area contributed by atoms with Crippen molar-refractivity contribution >= 4 is 40.2 Å². The van der Waals surface area contributed by atoms with Crippen molar-refractivity contribution in [2.24, 2.45) is 0 Å². The Bertz CT molecular complexity index is 1200. The van der Waals surface area contributed by atoms with Gasteiger partial charge < -0.3 is 9.67 Å². The van der Waals surface area contributed by atoms with Gasteiger partial charge in [0.05, 0.1) is 17.1 Å². The van der Waals surface area contributed by atoms with Gasteiger partial charge >= 0.3 is 5.97 Å². The summed E-state index contributed by atoms with van der Waals surface area (Å²) in [5.74, 6) is -0.920. The summed E-state index contributed by atoms with van der Waals surface area (Å²) < 4.78 is 2.31. The normalized spacial score (nSPS) is 12.2. The van der Waals surface area contributed by atoms with E-state index in [2.05, 4.69) is 30.5 Å². The molecule has 0 radical (unpaired) electrons. The second-order valence-electron chi connectivity index (χ2n) is 6.97. The third kappa shape index (κ3) is 3.78. The van der Waals surface area contributed by atoms with Crippen molar-refractivity contribution in [3.63, 3.8) is 0 Å². The lowest BCUT2D eigenvalue weighted by Crippen LogP contribution is -2.08. The summed E-state index contributed by atoms with van der Waals surface area (Å²) in [4.78, 5) is 13.4. The number of nitrogens with zero attached hydrogens (tertiary/aromatic N) is 1. The van der Waals surface area contributed by atoms with E-state index in [4.69, 9.17) is 11.6 Å². The first-order valence-electron chi connectivity index (χ1n) is 9.32. The van der Waals surface area contributed by atoms with Crippen LogP contribution in [0.3, 0.4) is 0 Å². The SMILES string of the molecule is Cc1c(Sc2cccc(C(=O)O)c2)c2ccc(Cl)cc2n1C(C)c1ccccc1. The third-order valence-electron chi connectivity index (χ3n) is 5.12. The van der Waals surface area contributed by atoms with E-state index in [0.29, 0.717) is 5.02 Å². The zero-order valence-electron chi connectivity index (χ0n) is 16.1. The Hall–Kier alpha value is -2.69. The van der Waals surface area contributed by atoms with Gasteiger partial charge in [0, 0.05) is 25.9 Å². The number of carbonyl (C=O) groups is 1. The van der Waals surface area contributed by atoms with E-state index in [0.717, 1.165) is 26.4 Å². The van der Waals surface area contributed by atoms with Gasteiger partial charge in [0.2, 0.25) is 0 Å². The highest BCUT2D eigenvalue weighted by molar-refractivity contribution is 7.99. The van der Waals surface area contributed by atoms with Gasteiger partial charge in [-0.15, -0.1) is 0 Å². The van der Waals surface area contributed by atoms with Crippen molar-refractivity contribution in [1.82, 2.24) is 4.57 Å². The monoisotopic (exact) mass is 421 g/mol. The lowest BCUT2D eigenvalue weighted by molar-refractivity contribution is 0.0696. The molecule has 0 fully saturated rings. The van der Waals surface area contributed by atoms with Crippen LogP contribution in [-0.4, -0.2) is 15.6 Å². The van der Waals surface area contributed by atoms with Crippen LogP contribution >= 0.6 is 23.4 Å². The van der Waals surface area contributed by atoms with Crippen LogP contribution in [0, 0.1) is 6.92 Å². The Balaban J connectivity index is 1.86. The van der Waals surface area contributed by atoms with E-state index < -0.39 is 5.97 Å². The van der Waals surface area contributed by atoms with Gasteiger partial charge in [-0.2, -0.15) is 0 Å². The van der Waals surface area contributed by atoms with Crippen LogP contribution in [0.4, 0.5) is 0 Å². The van der Waals surface area contributed by atoms with Gasteiger partial charge in [-0.1, -0.05) is 65.8 Å². The van der Waals surface area contributed by atoms with E-state index in [-0.39, 0.29) is 11.6 Å². The molecule has 1 aromatic heterocycles. The Labute approximate surface area is 178 Å². The van der Waals surface area contributed by atoms with Crippen LogP contribution in [0.25, 0.3) is 10.9 Å². The maximum Gasteiger partial charge on any atom is 0.335 e. The molecule has 3 nitrogen and oxygen atoms in total. The van der Waals surface area contributed by atoms with Crippen LogP contribution < -0.4 is 0 Å². The number of halogens is 1. The summed E-state index contributed by atoms with van der Waals surface area (Å²) in [7, 11) is 0. The summed E-state index contributed by atoms with van der Waals surface area (Å²) in [5, 5.41) is 11.1. The molecule has 146 valence electrons. The number of carboxylic acid groups (broad SMARTS) is 1. The van der Waals surface area contributed by atoms with E-state index in [9.17, 15) is 9.90 Å². The average Bonchev–Trinajstić information content (AvgIpc) is 2.99. The number of rotatable bonds is 5. The molecule has 0 amide bonds. The number of carboxylic acids is 1. The zero-order valence-corrected chi connectivity index (χ0v) is 17.7. The second-order valence-corrected chi connectivity index (χ2v) is 8.49. The van der Waals surface area contributed by atoms with Crippen molar-refractivity contribution in [1.29, 1.82) is 0 Å². The van der Waals surface area contributed by atoms with Crippen molar-refractivity contribution in [3.05, 3.63) is 94.6 Å². The minimum atomic E-state index is -0.920. The van der Waals surface area contributed by atoms with Crippen LogP contribution in [0.2, 0.25) is 5.02 Å². The Morgan fingerprint density at radius 1 is 1.03 bits per heavy atom. The lowest BCUT2D eigenvalue weighted by atomic mass is 10.1. The molecule has 0 spiro atoms. The van der Waals surface area contributed by atoms with Crippen LogP contribution in [-0.2, 0) is 0 Å². The molecule has 4 aromatic rings. The first kappa shape index (κ1) is 19.6. The number of hydrogen-bond acceptors (Lipinski definition) is 2. The number of aromatic nitrogens is 1. The fourth-order valence-corrected chi connectivity index (χ4v) is 4.96. The molecule has 5 heteroatoms. The van der Waals surface area contributed by atoms with Crippen molar-refractivity contribution in [3.8, 4) is 0 Å². The third-order valence-corrected chi connectivity index (χ3v) is 6.57. The molecule has 0 aliphatic rings. The fourth-order valence-electron chi connectivity index (χ4n) is 3.70. The summed E-state index contributed by atoms with van der Waals surface area (Å²) in [6.07, 6.45) is 0. The predicted octanol–water partition coefficient (Wildman–Crippen LogP) is 7.06. The second kappa shape index (κ2) is 7.97. The molecular formula is C24H20ClNO2S. The quantitative estimate of drug-likeness (QED) is 0.375. The maximum atomic E-state index is 11.3. The molecule has 4 rings (SSSR count). The average molecular weight is 422 g/mol. The van der Waals surface area contributed by atoms with Crippen molar-refractivity contribution < 1.29 is 9.90 Å². The predicted molar refractivity (Wildman–Crippen MR) is 119 cm³/mol. The molecule has 1 atom stereocenters. The molecule has 0 bridgehead atoms. The number of hydrogen-bond donors (Lipinski definition) is 1. The van der Waals surface area contributed by atoms with Crippen LogP contribution in [0.1, 0.15) is 34.6 Å². The van der Waals surface area contributed by atoms with Gasteiger partial charge in [0.1, 0.15) is 0 Å². The van der Waals surface area contributed by atoms with Crippen molar-refractivity contribution in [2.45, 2.75) is 29.7 Å². The topological polar surface area (TPSA) is 42.2 Å². The molecule has 1 unspecified atom stereocenters. The van der Waals surface area contributed by atoms with Gasteiger partial charge in [-0.3, -0.25) is 0 Å². The van der Waals surface area contributed by atoms with Gasteiger partial charge in [-0.05, 0) is 49.7 Å². The van der Waals surface area contributed by atoms with E-state index in [1.165, 1.54) is 5.56 Å². The first-order valence-corrected chi connectivity index (χ1v) is 10.5. The molecule has 0 saturated carbocycles. The highest BCUT2D eigenvalue weighted by atomic mass is 35.5. The van der Waals surface area contributed by atoms with Gasteiger partial charge in [0.15, 0.2) is 0 Å². The number of benzene rings is 3. The molecule has 0 aliphatic carbocycles. The molecular weight excluding hydrogens is 402 g/mol. The van der Waals surface area contributed by atoms with Gasteiger partial charge in [0.25, 0.3) is 0 Å². The Morgan fingerprint density at radius 2 is 1.79 bits per heavy atom. The summed E-state index contributed by atoms with van der Waals surface area (Å²) in [6, 6.07) is 23.5. The molecule has 1 N–H and O–H groups in total. The van der Waals surface area contributed by atoms with Crippen LogP contribution in [0.5, 0.6) is 0 Å². The van der Waals surface area contributed by atoms with Crippen molar-refractivity contribution in [2.75, 3.05) is 0 Å². The Kier molecular flexibility index (Phi) is 5.39. The molecule has 29 heavy (non-hydrogen) atoms. The Morgan fingerprint density at radius 3 is 2.52 bits per heavy atom.